The van der Waals surface area contributed by atoms with Gasteiger partial charge in [-0.25, -0.2) is 4.79 Å². The average Bonchev–Trinajstić information content (AvgIpc) is 3.48. The first-order valence-corrected chi connectivity index (χ1v) is 15.2. The maximum Gasteiger partial charge on any atom is 0.346 e. The van der Waals surface area contributed by atoms with E-state index in [4.69, 9.17) is 14.7 Å². The Morgan fingerprint density at radius 1 is 0.733 bits per heavy atom. The van der Waals surface area contributed by atoms with Gasteiger partial charge in [0.2, 0.25) is 0 Å². The fourth-order valence-corrected chi connectivity index (χ4v) is 6.74. The Kier molecular flexibility index (Phi) is 7.48. The van der Waals surface area contributed by atoms with Gasteiger partial charge in [-0.05, 0) is 58.5 Å². The first-order chi connectivity index (χ1) is 22.1. The van der Waals surface area contributed by atoms with E-state index in [2.05, 4.69) is 95.9 Å². The van der Waals surface area contributed by atoms with Crippen LogP contribution in [0.25, 0.3) is 37.7 Å². The Bertz CT molecular complexity index is 2090. The van der Waals surface area contributed by atoms with E-state index in [1.165, 1.54) is 16.8 Å². The predicted molar refractivity (Wildman–Crippen MR) is 180 cm³/mol. The second-order valence-electron chi connectivity index (χ2n) is 10.4. The summed E-state index contributed by atoms with van der Waals surface area (Å²) in [6, 6.07) is 42.8. The van der Waals surface area contributed by atoms with E-state index in [1.807, 2.05) is 18.2 Å². The van der Waals surface area contributed by atoms with Gasteiger partial charge in [-0.2, -0.15) is 5.26 Å². The summed E-state index contributed by atoms with van der Waals surface area (Å²) in [4.78, 5) is 15.4. The minimum Gasteiger partial charge on any atom is -0.485 e. The Labute approximate surface area is 264 Å². The number of thiophene rings is 1. The van der Waals surface area contributed by atoms with Crippen molar-refractivity contribution in [2.45, 2.75) is 0 Å². The number of aliphatic carboxylic acids is 1. The summed E-state index contributed by atoms with van der Waals surface area (Å²) in [5.41, 5.74) is 5.45. The van der Waals surface area contributed by atoms with E-state index >= 15 is 0 Å². The van der Waals surface area contributed by atoms with Gasteiger partial charge in [0.1, 0.15) is 24.9 Å². The number of benzene rings is 5. The number of nitrogens with zero attached hydrogens (tertiary/aromatic N) is 2. The fourth-order valence-electron chi connectivity index (χ4n) is 5.54. The van der Waals surface area contributed by atoms with Gasteiger partial charge < -0.3 is 19.5 Å². The summed E-state index contributed by atoms with van der Waals surface area (Å²) in [6.07, 6.45) is 1.36. The molecule has 0 fully saturated rings. The summed E-state index contributed by atoms with van der Waals surface area (Å²) in [5.74, 6) is 0.183. The van der Waals surface area contributed by atoms with E-state index in [-0.39, 0.29) is 5.57 Å². The van der Waals surface area contributed by atoms with Crippen LogP contribution in [0.3, 0.4) is 0 Å². The molecule has 6 nitrogen and oxygen atoms in total. The fraction of sp³-hybridized carbons (Fsp3) is 0.0526. The van der Waals surface area contributed by atoms with Crippen molar-refractivity contribution in [3.8, 4) is 38.4 Å². The molecule has 7 rings (SSSR count). The molecule has 6 aromatic rings. The number of hydrogen-bond donors (Lipinski definition) is 1. The molecule has 0 aliphatic carbocycles. The highest BCUT2D eigenvalue weighted by Crippen LogP contribution is 2.54. The molecule has 218 valence electrons. The van der Waals surface area contributed by atoms with Crippen LogP contribution in [-0.4, -0.2) is 24.3 Å². The van der Waals surface area contributed by atoms with Crippen molar-refractivity contribution < 1.29 is 19.4 Å². The number of carboxylic acid groups (broad SMARTS) is 1. The highest BCUT2D eigenvalue weighted by atomic mass is 32.1. The number of nitriles is 1. The molecule has 0 atom stereocenters. The van der Waals surface area contributed by atoms with Crippen LogP contribution in [0.15, 0.2) is 127 Å². The van der Waals surface area contributed by atoms with Crippen molar-refractivity contribution in [3.63, 3.8) is 0 Å². The number of carboxylic acids is 1. The lowest BCUT2D eigenvalue weighted by atomic mass is 10.1. The van der Waals surface area contributed by atoms with Gasteiger partial charge in [0, 0.05) is 16.8 Å². The first-order valence-electron chi connectivity index (χ1n) is 14.4. The van der Waals surface area contributed by atoms with E-state index < -0.39 is 5.97 Å². The molecule has 0 bridgehead atoms. The number of anilines is 3. The lowest BCUT2D eigenvalue weighted by Crippen LogP contribution is -2.14. The second-order valence-corrected chi connectivity index (χ2v) is 11.4. The van der Waals surface area contributed by atoms with Crippen LogP contribution < -0.4 is 14.4 Å². The van der Waals surface area contributed by atoms with E-state index in [0.29, 0.717) is 24.5 Å². The van der Waals surface area contributed by atoms with Gasteiger partial charge in [0.05, 0.1) is 15.4 Å². The van der Waals surface area contributed by atoms with Crippen LogP contribution in [0.2, 0.25) is 0 Å². The molecule has 2 heterocycles. The summed E-state index contributed by atoms with van der Waals surface area (Å²) < 4.78 is 12.3. The van der Waals surface area contributed by atoms with Gasteiger partial charge in [0.15, 0.2) is 11.5 Å². The normalized spacial score (nSPS) is 12.5. The molecule has 0 amide bonds. The zero-order chi connectivity index (χ0) is 30.8. The highest BCUT2D eigenvalue weighted by Gasteiger charge is 2.26. The zero-order valence-electron chi connectivity index (χ0n) is 24.0. The molecule has 0 unspecified atom stereocenters. The van der Waals surface area contributed by atoms with Gasteiger partial charge in [-0.3, -0.25) is 0 Å². The molecule has 0 saturated carbocycles. The highest BCUT2D eigenvalue weighted by molar-refractivity contribution is 7.19. The number of hydrogen-bond acceptors (Lipinski definition) is 6. The minimum atomic E-state index is -1.25. The van der Waals surface area contributed by atoms with Crippen molar-refractivity contribution in [1.82, 2.24) is 0 Å². The monoisotopic (exact) mass is 606 g/mol. The molecule has 0 spiro atoms. The lowest BCUT2D eigenvalue weighted by molar-refractivity contribution is -0.132. The summed E-state index contributed by atoms with van der Waals surface area (Å²) in [5, 5.41) is 20.7. The molecule has 7 heteroatoms. The molecule has 0 radical (unpaired) electrons. The van der Waals surface area contributed by atoms with Gasteiger partial charge in [-0.15, -0.1) is 11.3 Å². The number of rotatable bonds is 7. The van der Waals surface area contributed by atoms with Crippen molar-refractivity contribution in [2.24, 2.45) is 0 Å². The molecule has 1 aromatic heterocycles. The number of para-hydroxylation sites is 1. The third kappa shape index (κ3) is 5.40. The quantitative estimate of drug-likeness (QED) is 0.144. The van der Waals surface area contributed by atoms with Crippen LogP contribution in [0, 0.1) is 11.3 Å². The Morgan fingerprint density at radius 2 is 1.31 bits per heavy atom. The van der Waals surface area contributed by atoms with Gasteiger partial charge in [-0.1, -0.05) is 91.0 Å². The van der Waals surface area contributed by atoms with Crippen LogP contribution in [-0.2, 0) is 4.79 Å². The predicted octanol–water partition coefficient (Wildman–Crippen LogP) is 9.47. The maximum atomic E-state index is 11.3. The maximum absolute atomic E-state index is 11.3. The molecule has 1 aliphatic rings. The van der Waals surface area contributed by atoms with Crippen LogP contribution in [0.5, 0.6) is 11.5 Å². The van der Waals surface area contributed by atoms with E-state index in [1.54, 1.807) is 29.5 Å². The minimum absolute atomic E-state index is 0.315. The molecular weight excluding hydrogens is 580 g/mol. The lowest BCUT2D eigenvalue weighted by Gasteiger charge is -2.27. The van der Waals surface area contributed by atoms with Crippen molar-refractivity contribution >= 4 is 51.2 Å². The first kappa shape index (κ1) is 28.0. The molecule has 45 heavy (non-hydrogen) atoms. The molecule has 1 aliphatic heterocycles. The largest absolute Gasteiger partial charge is 0.485 e. The van der Waals surface area contributed by atoms with Crippen molar-refractivity contribution in [2.75, 3.05) is 18.1 Å². The Hall–Kier alpha value is -5.84. The van der Waals surface area contributed by atoms with E-state index in [9.17, 15) is 9.90 Å². The summed E-state index contributed by atoms with van der Waals surface area (Å²) >= 11 is 1.59. The van der Waals surface area contributed by atoms with Gasteiger partial charge >= 0.3 is 5.97 Å². The summed E-state index contributed by atoms with van der Waals surface area (Å²) in [6.45, 7) is 0.921. The zero-order valence-corrected chi connectivity index (χ0v) is 24.8. The molecule has 1 N–H and O–H groups in total. The SMILES string of the molecule is N#C/C(=C/c1ccc(-c2sc(-c3ccc(N(c4ccccc4)c4cccc5ccccc45)cc3)c3c2OCCO3)cc1)C(=O)O. The standard InChI is InChI=1S/C38H26N2O4S/c39-24-29(38(41)42)23-25-13-15-27(16-14-25)36-34-35(44-22-21-43-34)37(45-36)28-17-19-31(20-18-28)40(30-9-2-1-3-10-30)33-12-6-8-26-7-4-5-11-32(26)33/h1-20,23H,21-22H2,(H,41,42)/b29-23-. The smallest absolute Gasteiger partial charge is 0.346 e. The van der Waals surface area contributed by atoms with Crippen molar-refractivity contribution in [1.29, 1.82) is 5.26 Å². The van der Waals surface area contributed by atoms with E-state index in [0.717, 1.165) is 43.7 Å². The topological polar surface area (TPSA) is 82.8 Å². The number of ether oxygens (including phenoxy) is 2. The molecule has 5 aromatic carbocycles. The Balaban J connectivity index is 1.27. The Morgan fingerprint density at radius 3 is 1.96 bits per heavy atom. The van der Waals surface area contributed by atoms with Crippen molar-refractivity contribution in [3.05, 3.63) is 132 Å². The van der Waals surface area contributed by atoms with Gasteiger partial charge in [0.25, 0.3) is 0 Å². The third-order valence-corrected chi connectivity index (χ3v) is 8.89. The second kappa shape index (κ2) is 12.0. The number of fused-ring (bicyclic) bond motifs is 2. The molecule has 0 saturated heterocycles. The number of carbonyl (C=O) groups is 1. The van der Waals surface area contributed by atoms with Crippen LogP contribution in [0.4, 0.5) is 17.1 Å². The molecular formula is C38H26N2O4S. The average molecular weight is 607 g/mol. The van der Waals surface area contributed by atoms with Crippen LogP contribution in [0.1, 0.15) is 5.56 Å². The summed E-state index contributed by atoms with van der Waals surface area (Å²) in [7, 11) is 0. The van der Waals surface area contributed by atoms with Crippen LogP contribution >= 0.6 is 11.3 Å². The third-order valence-electron chi connectivity index (χ3n) is 7.64.